The molecule has 0 amide bonds. The number of ether oxygens (including phenoxy) is 2. The highest BCUT2D eigenvalue weighted by atomic mass is 32.2. The van der Waals surface area contributed by atoms with Crippen molar-refractivity contribution in [2.24, 2.45) is 0 Å². The highest BCUT2D eigenvalue weighted by Crippen LogP contribution is 2.37. The highest BCUT2D eigenvalue weighted by Gasteiger charge is 2.49. The highest BCUT2D eigenvalue weighted by molar-refractivity contribution is 7.89. The molecule has 0 bridgehead atoms. The van der Waals surface area contributed by atoms with Gasteiger partial charge in [-0.3, -0.25) is 0 Å². The van der Waals surface area contributed by atoms with E-state index >= 15 is 0 Å². The number of thiazole rings is 1. The summed E-state index contributed by atoms with van der Waals surface area (Å²) in [5.41, 5.74) is 2.49. The van der Waals surface area contributed by atoms with Gasteiger partial charge in [-0.15, -0.1) is 11.3 Å². The van der Waals surface area contributed by atoms with Crippen LogP contribution in [-0.4, -0.2) is 39.5 Å². The molecule has 1 atom stereocenters. The zero-order chi connectivity index (χ0) is 15.1. The van der Waals surface area contributed by atoms with Crippen molar-refractivity contribution >= 4 is 31.6 Å². The van der Waals surface area contributed by atoms with E-state index < -0.39 is 15.8 Å². The van der Waals surface area contributed by atoms with Gasteiger partial charge in [0.2, 0.25) is 10.0 Å². The quantitative estimate of drug-likeness (QED) is 0.846. The van der Waals surface area contributed by atoms with Crippen molar-refractivity contribution in [3.05, 3.63) is 23.7 Å². The summed E-state index contributed by atoms with van der Waals surface area (Å²) in [6, 6.07) is 4.52. The van der Waals surface area contributed by atoms with Crippen LogP contribution in [0.1, 0.15) is 12.8 Å². The minimum absolute atomic E-state index is 0.229. The fraction of sp³-hybridized carbons (Fsp3) is 0.462. The third kappa shape index (κ3) is 2.47. The van der Waals surface area contributed by atoms with E-state index in [-0.39, 0.29) is 10.9 Å². The molecular weight excluding hydrogens is 312 g/mol. The number of fused-ring (bicyclic) bond motifs is 1. The first-order valence-corrected chi connectivity index (χ1v) is 8.83. The van der Waals surface area contributed by atoms with Crippen LogP contribution in [0.2, 0.25) is 0 Å². The van der Waals surface area contributed by atoms with E-state index in [1.807, 2.05) is 0 Å². The van der Waals surface area contributed by atoms with Crippen molar-refractivity contribution in [2.75, 3.05) is 14.2 Å². The van der Waals surface area contributed by atoms with Crippen molar-refractivity contribution in [2.45, 2.75) is 29.6 Å². The fourth-order valence-corrected chi connectivity index (χ4v) is 4.62. The molecule has 8 heteroatoms. The number of rotatable bonds is 5. The molecule has 0 aliphatic heterocycles. The summed E-state index contributed by atoms with van der Waals surface area (Å²) in [5, 5.41) is 0. The SMILES string of the molecule is COC1(OC)CCC1NS(=O)(=O)c1ccc2ncsc2c1. The van der Waals surface area contributed by atoms with E-state index in [9.17, 15) is 8.42 Å². The maximum Gasteiger partial charge on any atom is 0.241 e. The van der Waals surface area contributed by atoms with Crippen LogP contribution in [0.5, 0.6) is 0 Å². The van der Waals surface area contributed by atoms with Gasteiger partial charge in [0, 0.05) is 20.6 Å². The Bertz CT molecular complexity index is 747. The number of aromatic nitrogens is 1. The summed E-state index contributed by atoms with van der Waals surface area (Å²) in [7, 11) is -0.570. The Morgan fingerprint density at radius 2 is 2.14 bits per heavy atom. The second-order valence-electron chi connectivity index (χ2n) is 4.91. The minimum atomic E-state index is -3.61. The van der Waals surface area contributed by atoms with Crippen molar-refractivity contribution < 1.29 is 17.9 Å². The lowest BCUT2D eigenvalue weighted by atomic mass is 9.85. The predicted molar refractivity (Wildman–Crippen MR) is 79.7 cm³/mol. The van der Waals surface area contributed by atoms with Crippen LogP contribution in [0.3, 0.4) is 0 Å². The van der Waals surface area contributed by atoms with Gasteiger partial charge in [-0.25, -0.2) is 18.1 Å². The van der Waals surface area contributed by atoms with Crippen LogP contribution in [0.4, 0.5) is 0 Å². The molecule has 114 valence electrons. The lowest BCUT2D eigenvalue weighted by Gasteiger charge is -2.46. The van der Waals surface area contributed by atoms with Gasteiger partial charge in [-0.2, -0.15) is 0 Å². The number of nitrogens with one attached hydrogen (secondary N) is 1. The molecule has 1 N–H and O–H groups in total. The molecule has 1 aliphatic rings. The summed E-state index contributed by atoms with van der Waals surface area (Å²) < 4.78 is 39.1. The minimum Gasteiger partial charge on any atom is -0.352 e. The molecule has 3 rings (SSSR count). The normalized spacial score (nSPS) is 21.3. The number of methoxy groups -OCH3 is 2. The molecule has 0 spiro atoms. The number of hydrogen-bond donors (Lipinski definition) is 1. The first-order valence-electron chi connectivity index (χ1n) is 6.47. The van der Waals surface area contributed by atoms with E-state index in [2.05, 4.69) is 9.71 Å². The number of sulfonamides is 1. The molecule has 6 nitrogen and oxygen atoms in total. The summed E-state index contributed by atoms with van der Waals surface area (Å²) in [6.45, 7) is 0. The van der Waals surface area contributed by atoms with Crippen LogP contribution in [0, 0.1) is 0 Å². The van der Waals surface area contributed by atoms with Crippen molar-refractivity contribution in [3.8, 4) is 0 Å². The van der Waals surface area contributed by atoms with Gasteiger partial charge in [0.1, 0.15) is 0 Å². The molecule has 0 radical (unpaired) electrons. The van der Waals surface area contributed by atoms with Crippen LogP contribution >= 0.6 is 11.3 Å². The Kier molecular flexibility index (Phi) is 3.74. The third-order valence-electron chi connectivity index (χ3n) is 3.91. The van der Waals surface area contributed by atoms with Crippen molar-refractivity contribution in [3.63, 3.8) is 0 Å². The monoisotopic (exact) mass is 328 g/mol. The van der Waals surface area contributed by atoms with E-state index in [0.717, 1.165) is 10.2 Å². The Labute approximate surface area is 127 Å². The maximum absolute atomic E-state index is 12.5. The molecule has 1 saturated carbocycles. The molecule has 21 heavy (non-hydrogen) atoms. The zero-order valence-corrected chi connectivity index (χ0v) is 13.3. The Balaban J connectivity index is 1.87. The number of hydrogen-bond acceptors (Lipinski definition) is 6. The first-order chi connectivity index (χ1) is 10.0. The summed E-state index contributed by atoms with van der Waals surface area (Å²) in [5.74, 6) is -0.859. The van der Waals surface area contributed by atoms with Crippen LogP contribution in [0.25, 0.3) is 10.2 Å². The van der Waals surface area contributed by atoms with Gasteiger partial charge >= 0.3 is 0 Å². The topological polar surface area (TPSA) is 77.5 Å². The number of benzene rings is 1. The first kappa shape index (κ1) is 14.9. The van der Waals surface area contributed by atoms with E-state index in [0.29, 0.717) is 12.8 Å². The van der Waals surface area contributed by atoms with Gasteiger partial charge in [0.25, 0.3) is 0 Å². The molecule has 1 aliphatic carbocycles. The summed E-state index contributed by atoms with van der Waals surface area (Å²) >= 11 is 1.41. The second-order valence-corrected chi connectivity index (χ2v) is 7.51. The molecule has 2 aromatic rings. The van der Waals surface area contributed by atoms with Gasteiger partial charge in [-0.1, -0.05) is 0 Å². The summed E-state index contributed by atoms with van der Waals surface area (Å²) in [4.78, 5) is 4.37. The van der Waals surface area contributed by atoms with Crippen molar-refractivity contribution in [1.29, 1.82) is 0 Å². The molecular formula is C13H16N2O4S2. The average molecular weight is 328 g/mol. The molecule has 1 aromatic heterocycles. The van der Waals surface area contributed by atoms with Crippen LogP contribution in [-0.2, 0) is 19.5 Å². The maximum atomic E-state index is 12.5. The van der Waals surface area contributed by atoms with Crippen LogP contribution in [0.15, 0.2) is 28.6 Å². The molecule has 1 aromatic carbocycles. The molecule has 1 unspecified atom stereocenters. The zero-order valence-electron chi connectivity index (χ0n) is 11.7. The van der Waals surface area contributed by atoms with Gasteiger partial charge in [0.05, 0.1) is 26.7 Å². The van der Waals surface area contributed by atoms with Gasteiger partial charge in [0.15, 0.2) is 5.79 Å². The van der Waals surface area contributed by atoms with Crippen molar-refractivity contribution in [1.82, 2.24) is 9.71 Å². The fourth-order valence-electron chi connectivity index (χ4n) is 2.50. The molecule has 1 heterocycles. The Morgan fingerprint density at radius 1 is 1.38 bits per heavy atom. The average Bonchev–Trinajstić information content (AvgIpc) is 2.93. The largest absolute Gasteiger partial charge is 0.352 e. The van der Waals surface area contributed by atoms with Gasteiger partial charge in [-0.05, 0) is 24.6 Å². The standard InChI is InChI=1S/C13H16N2O4S2/c1-18-13(19-2)6-5-12(13)15-21(16,17)9-3-4-10-11(7-9)20-8-14-10/h3-4,7-8,12,15H,5-6H2,1-2H3. The number of nitrogens with zero attached hydrogens (tertiary/aromatic N) is 1. The smallest absolute Gasteiger partial charge is 0.241 e. The predicted octanol–water partition coefficient (Wildman–Crippen LogP) is 1.73. The third-order valence-corrected chi connectivity index (χ3v) is 6.17. The van der Waals surface area contributed by atoms with E-state index in [1.54, 1.807) is 23.7 Å². The lowest BCUT2D eigenvalue weighted by molar-refractivity contribution is -0.264. The lowest BCUT2D eigenvalue weighted by Crippen LogP contribution is -2.62. The Morgan fingerprint density at radius 3 is 2.76 bits per heavy atom. The van der Waals surface area contributed by atoms with E-state index in [1.165, 1.54) is 25.6 Å². The van der Waals surface area contributed by atoms with Crippen LogP contribution < -0.4 is 4.72 Å². The molecule has 0 saturated heterocycles. The molecule has 1 fully saturated rings. The summed E-state index contributed by atoms with van der Waals surface area (Å²) in [6.07, 6.45) is 1.35. The van der Waals surface area contributed by atoms with E-state index in [4.69, 9.17) is 9.47 Å². The van der Waals surface area contributed by atoms with Gasteiger partial charge < -0.3 is 9.47 Å². The second kappa shape index (κ2) is 5.29. The Hall–Kier alpha value is -1.06.